The van der Waals surface area contributed by atoms with Gasteiger partial charge in [0.15, 0.2) is 0 Å². The molecule has 1 aliphatic rings. The Hall–Kier alpha value is -1.52. The Morgan fingerprint density at radius 1 is 1.53 bits per heavy atom. The molecule has 2 unspecified atom stereocenters. The van der Waals surface area contributed by atoms with Crippen molar-refractivity contribution in [3.8, 4) is 0 Å². The molecule has 1 aliphatic carbocycles. The van der Waals surface area contributed by atoms with Crippen LogP contribution in [-0.4, -0.2) is 22.2 Å². The topological polar surface area (TPSA) is 72.9 Å². The van der Waals surface area contributed by atoms with E-state index in [1.54, 1.807) is 4.68 Å². The summed E-state index contributed by atoms with van der Waals surface area (Å²) in [4.78, 5) is 12.2. The number of carbonyl (C=O) groups excluding carboxylic acids is 1. The predicted octanol–water partition coefficient (Wildman–Crippen LogP) is 1.96. The Balaban J connectivity index is 2.00. The van der Waals surface area contributed by atoms with E-state index < -0.39 is 0 Å². The van der Waals surface area contributed by atoms with Gasteiger partial charge in [-0.3, -0.25) is 9.48 Å². The summed E-state index contributed by atoms with van der Waals surface area (Å²) >= 11 is 0. The SMILES string of the molecule is CCn1nc(C)c(N)c1C(=O)NCC1CCC(C)C1. The highest BCUT2D eigenvalue weighted by Crippen LogP contribution is 2.29. The lowest BCUT2D eigenvalue weighted by molar-refractivity contribution is 0.0937. The fourth-order valence-electron chi connectivity index (χ4n) is 2.89. The maximum atomic E-state index is 12.2. The molecule has 0 radical (unpaired) electrons. The third-order valence-corrected chi connectivity index (χ3v) is 4.04. The molecule has 0 aromatic carbocycles. The Kier molecular flexibility index (Phi) is 4.12. The summed E-state index contributed by atoms with van der Waals surface area (Å²) in [6.07, 6.45) is 3.69. The van der Waals surface area contributed by atoms with Gasteiger partial charge in [-0.1, -0.05) is 13.3 Å². The lowest BCUT2D eigenvalue weighted by Crippen LogP contribution is -2.31. The van der Waals surface area contributed by atoms with Gasteiger partial charge in [0.25, 0.3) is 5.91 Å². The molecular weight excluding hydrogens is 240 g/mol. The molecular formula is C14H24N4O. The van der Waals surface area contributed by atoms with Crippen LogP contribution in [0.15, 0.2) is 0 Å². The highest BCUT2D eigenvalue weighted by atomic mass is 16.2. The first kappa shape index (κ1) is 13.9. The minimum absolute atomic E-state index is 0.0977. The first-order valence-electron chi connectivity index (χ1n) is 7.14. The second-order valence-electron chi connectivity index (χ2n) is 5.66. The normalized spacial score (nSPS) is 22.7. The molecule has 5 nitrogen and oxygen atoms in total. The summed E-state index contributed by atoms with van der Waals surface area (Å²) in [6.45, 7) is 7.46. The van der Waals surface area contributed by atoms with Crippen LogP contribution in [0.3, 0.4) is 0 Å². The fourth-order valence-corrected chi connectivity index (χ4v) is 2.89. The molecule has 1 fully saturated rings. The van der Waals surface area contributed by atoms with Gasteiger partial charge in [-0.15, -0.1) is 0 Å². The van der Waals surface area contributed by atoms with E-state index >= 15 is 0 Å². The van der Waals surface area contributed by atoms with Crippen molar-refractivity contribution < 1.29 is 4.79 Å². The number of rotatable bonds is 4. The number of nitrogens with one attached hydrogen (secondary N) is 1. The number of aromatic nitrogens is 2. The van der Waals surface area contributed by atoms with Crippen LogP contribution in [-0.2, 0) is 6.54 Å². The first-order chi connectivity index (χ1) is 9.02. The van der Waals surface area contributed by atoms with E-state index in [0.29, 0.717) is 23.8 Å². The monoisotopic (exact) mass is 264 g/mol. The number of nitrogen functional groups attached to an aromatic ring is 1. The molecule has 2 atom stereocenters. The number of nitrogens with zero attached hydrogens (tertiary/aromatic N) is 2. The third kappa shape index (κ3) is 2.91. The van der Waals surface area contributed by atoms with E-state index in [9.17, 15) is 4.79 Å². The molecule has 2 rings (SSSR count). The molecule has 1 heterocycles. The highest BCUT2D eigenvalue weighted by Gasteiger charge is 2.23. The average molecular weight is 264 g/mol. The number of hydrogen-bond acceptors (Lipinski definition) is 3. The van der Waals surface area contributed by atoms with E-state index in [4.69, 9.17) is 5.73 Å². The van der Waals surface area contributed by atoms with Gasteiger partial charge in [0.1, 0.15) is 5.69 Å². The first-order valence-corrected chi connectivity index (χ1v) is 7.14. The molecule has 1 aromatic rings. The number of carbonyl (C=O) groups is 1. The molecule has 106 valence electrons. The van der Waals surface area contributed by atoms with Crippen molar-refractivity contribution >= 4 is 11.6 Å². The number of amides is 1. The number of anilines is 1. The fraction of sp³-hybridized carbons (Fsp3) is 0.714. The van der Waals surface area contributed by atoms with Crippen LogP contribution < -0.4 is 11.1 Å². The Labute approximate surface area is 114 Å². The summed E-state index contributed by atoms with van der Waals surface area (Å²) in [5, 5.41) is 7.28. The van der Waals surface area contributed by atoms with Crippen LogP contribution in [0.5, 0.6) is 0 Å². The molecule has 0 saturated heterocycles. The quantitative estimate of drug-likeness (QED) is 0.873. The van der Waals surface area contributed by atoms with Crippen molar-refractivity contribution in [2.24, 2.45) is 11.8 Å². The third-order valence-electron chi connectivity index (χ3n) is 4.04. The van der Waals surface area contributed by atoms with Crippen molar-refractivity contribution in [1.82, 2.24) is 15.1 Å². The average Bonchev–Trinajstić information content (AvgIpc) is 2.92. The maximum absolute atomic E-state index is 12.2. The van der Waals surface area contributed by atoms with Crippen molar-refractivity contribution in [1.29, 1.82) is 0 Å². The summed E-state index contributed by atoms with van der Waals surface area (Å²) in [6, 6.07) is 0. The Morgan fingerprint density at radius 2 is 2.26 bits per heavy atom. The molecule has 1 amide bonds. The largest absolute Gasteiger partial charge is 0.395 e. The summed E-state index contributed by atoms with van der Waals surface area (Å²) in [5.74, 6) is 1.30. The minimum atomic E-state index is -0.0977. The highest BCUT2D eigenvalue weighted by molar-refractivity contribution is 5.97. The van der Waals surface area contributed by atoms with Crippen molar-refractivity contribution in [3.05, 3.63) is 11.4 Å². The summed E-state index contributed by atoms with van der Waals surface area (Å²) in [7, 11) is 0. The smallest absolute Gasteiger partial charge is 0.271 e. The standard InChI is InChI=1S/C14H24N4O/c1-4-18-13(12(15)10(3)17-18)14(19)16-8-11-6-5-9(2)7-11/h9,11H,4-8,15H2,1-3H3,(H,16,19). The predicted molar refractivity (Wildman–Crippen MR) is 75.9 cm³/mol. The van der Waals surface area contributed by atoms with Crippen LogP contribution >= 0.6 is 0 Å². The molecule has 5 heteroatoms. The van der Waals surface area contributed by atoms with Gasteiger partial charge < -0.3 is 11.1 Å². The van der Waals surface area contributed by atoms with Gasteiger partial charge >= 0.3 is 0 Å². The number of hydrogen-bond donors (Lipinski definition) is 2. The second-order valence-corrected chi connectivity index (χ2v) is 5.66. The van der Waals surface area contributed by atoms with E-state index in [0.717, 1.165) is 18.2 Å². The lowest BCUT2D eigenvalue weighted by Gasteiger charge is -2.12. The molecule has 1 aromatic heterocycles. The molecule has 19 heavy (non-hydrogen) atoms. The minimum Gasteiger partial charge on any atom is -0.395 e. The molecule has 0 bridgehead atoms. The van der Waals surface area contributed by atoms with E-state index in [1.165, 1.54) is 19.3 Å². The number of aryl methyl sites for hydroxylation is 2. The Morgan fingerprint density at radius 3 is 2.84 bits per heavy atom. The van der Waals surface area contributed by atoms with Crippen molar-refractivity contribution in [2.75, 3.05) is 12.3 Å². The molecule has 3 N–H and O–H groups in total. The van der Waals surface area contributed by atoms with Gasteiger partial charge in [-0.05, 0) is 38.5 Å². The zero-order valence-corrected chi connectivity index (χ0v) is 12.1. The van der Waals surface area contributed by atoms with E-state index in [2.05, 4.69) is 17.3 Å². The van der Waals surface area contributed by atoms with Crippen LogP contribution in [0.25, 0.3) is 0 Å². The van der Waals surface area contributed by atoms with Gasteiger partial charge in [0.2, 0.25) is 0 Å². The van der Waals surface area contributed by atoms with Gasteiger partial charge in [-0.2, -0.15) is 5.10 Å². The van der Waals surface area contributed by atoms with Crippen LogP contribution in [0, 0.1) is 18.8 Å². The lowest BCUT2D eigenvalue weighted by atomic mass is 10.1. The second kappa shape index (κ2) is 5.63. The summed E-state index contributed by atoms with van der Waals surface area (Å²) in [5.41, 5.74) is 7.67. The van der Waals surface area contributed by atoms with Crippen LogP contribution in [0.1, 0.15) is 49.3 Å². The van der Waals surface area contributed by atoms with Gasteiger partial charge in [-0.25, -0.2) is 0 Å². The van der Waals surface area contributed by atoms with Crippen molar-refractivity contribution in [3.63, 3.8) is 0 Å². The van der Waals surface area contributed by atoms with Crippen molar-refractivity contribution in [2.45, 2.75) is 46.6 Å². The Bertz CT molecular complexity index is 466. The number of nitrogens with two attached hydrogens (primary N) is 1. The molecule has 0 aliphatic heterocycles. The zero-order valence-electron chi connectivity index (χ0n) is 12.1. The van der Waals surface area contributed by atoms with Crippen LogP contribution in [0.4, 0.5) is 5.69 Å². The summed E-state index contributed by atoms with van der Waals surface area (Å²) < 4.78 is 1.68. The maximum Gasteiger partial charge on any atom is 0.271 e. The van der Waals surface area contributed by atoms with Gasteiger partial charge in [0, 0.05) is 13.1 Å². The van der Waals surface area contributed by atoms with Gasteiger partial charge in [0.05, 0.1) is 11.4 Å². The van der Waals surface area contributed by atoms with Crippen LogP contribution in [0.2, 0.25) is 0 Å². The molecule has 0 spiro atoms. The van der Waals surface area contributed by atoms with E-state index in [1.807, 2.05) is 13.8 Å². The molecule has 1 saturated carbocycles. The zero-order chi connectivity index (χ0) is 14.0. The van der Waals surface area contributed by atoms with E-state index in [-0.39, 0.29) is 5.91 Å².